The molecule has 3 aromatic rings. The predicted molar refractivity (Wildman–Crippen MR) is 109 cm³/mol. The summed E-state index contributed by atoms with van der Waals surface area (Å²) in [6.07, 6.45) is 13.1. The number of hydrogen-bond donors (Lipinski definition) is 1. The summed E-state index contributed by atoms with van der Waals surface area (Å²) in [4.78, 5) is 8.61. The van der Waals surface area contributed by atoms with Crippen molar-refractivity contribution >= 4 is 11.5 Å². The van der Waals surface area contributed by atoms with E-state index < -0.39 is 0 Å². The number of allylic oxidation sites excluding steroid dienone is 2. The highest BCUT2D eigenvalue weighted by atomic mass is 16.5. The van der Waals surface area contributed by atoms with Gasteiger partial charge in [-0.15, -0.1) is 0 Å². The Bertz CT molecular complexity index is 920. The molecule has 4 heteroatoms. The van der Waals surface area contributed by atoms with Crippen LogP contribution in [0.1, 0.15) is 30.7 Å². The molecular weight excluding hydrogens is 334 g/mol. The van der Waals surface area contributed by atoms with Crippen LogP contribution in [0.15, 0.2) is 73.2 Å². The zero-order valence-corrected chi connectivity index (χ0v) is 15.4. The molecule has 1 N–H and O–H groups in total. The van der Waals surface area contributed by atoms with E-state index >= 15 is 0 Å². The van der Waals surface area contributed by atoms with E-state index in [4.69, 9.17) is 4.74 Å². The quantitative estimate of drug-likeness (QED) is 0.593. The highest BCUT2D eigenvalue weighted by Crippen LogP contribution is 2.40. The summed E-state index contributed by atoms with van der Waals surface area (Å²) in [6.45, 7) is 0. The molecule has 1 atom stereocenters. The Hall–Kier alpha value is -3.14. The number of aromatic nitrogens is 2. The van der Waals surface area contributed by atoms with E-state index in [1.807, 2.05) is 12.1 Å². The molecule has 27 heavy (non-hydrogen) atoms. The van der Waals surface area contributed by atoms with E-state index in [1.165, 1.54) is 5.56 Å². The molecule has 1 aliphatic rings. The lowest BCUT2D eigenvalue weighted by atomic mass is 9.85. The first-order chi connectivity index (χ1) is 13.3. The van der Waals surface area contributed by atoms with Gasteiger partial charge in [0.05, 0.1) is 19.0 Å². The topological polar surface area (TPSA) is 47.0 Å². The Morgan fingerprint density at radius 2 is 1.93 bits per heavy atom. The summed E-state index contributed by atoms with van der Waals surface area (Å²) >= 11 is 0. The van der Waals surface area contributed by atoms with Crippen LogP contribution in [0.2, 0.25) is 0 Å². The third kappa shape index (κ3) is 3.85. The van der Waals surface area contributed by atoms with Gasteiger partial charge in [-0.2, -0.15) is 0 Å². The van der Waals surface area contributed by atoms with E-state index in [0.717, 1.165) is 47.6 Å². The molecule has 0 fully saturated rings. The molecule has 136 valence electrons. The van der Waals surface area contributed by atoms with Gasteiger partial charge in [0.2, 0.25) is 0 Å². The number of nitrogens with zero attached hydrogens (tertiary/aromatic N) is 2. The molecule has 1 unspecified atom stereocenters. The van der Waals surface area contributed by atoms with E-state index in [-0.39, 0.29) is 0 Å². The molecule has 0 aliphatic heterocycles. The molecule has 0 bridgehead atoms. The minimum absolute atomic E-state index is 0.507. The molecule has 0 saturated carbocycles. The average Bonchev–Trinajstić information content (AvgIpc) is 2.75. The summed E-state index contributed by atoms with van der Waals surface area (Å²) in [5.74, 6) is 2.12. The fourth-order valence-corrected chi connectivity index (χ4v) is 3.63. The molecule has 4 nitrogen and oxygen atoms in total. The van der Waals surface area contributed by atoms with Crippen molar-refractivity contribution in [3.8, 4) is 16.9 Å². The SMILES string of the molecule is COc1ccc(-c2cccc(C3CC=CCC3)c2Nc2cnccn2)cc1. The summed E-state index contributed by atoms with van der Waals surface area (Å²) in [6, 6.07) is 14.7. The maximum Gasteiger partial charge on any atom is 0.148 e. The van der Waals surface area contributed by atoms with Gasteiger partial charge in [-0.1, -0.05) is 42.5 Å². The summed E-state index contributed by atoms with van der Waals surface area (Å²) < 4.78 is 5.31. The Balaban J connectivity index is 1.80. The van der Waals surface area contributed by atoms with E-state index in [0.29, 0.717) is 5.92 Å². The molecule has 0 radical (unpaired) electrons. The third-order valence-corrected chi connectivity index (χ3v) is 5.02. The Morgan fingerprint density at radius 3 is 2.63 bits per heavy atom. The van der Waals surface area contributed by atoms with Crippen molar-refractivity contribution in [2.75, 3.05) is 12.4 Å². The summed E-state index contributed by atoms with van der Waals surface area (Å²) in [5.41, 5.74) is 4.76. The number of nitrogens with one attached hydrogen (secondary N) is 1. The number of hydrogen-bond acceptors (Lipinski definition) is 4. The van der Waals surface area contributed by atoms with Gasteiger partial charge in [0, 0.05) is 18.0 Å². The molecule has 2 aromatic carbocycles. The van der Waals surface area contributed by atoms with Gasteiger partial charge in [-0.25, -0.2) is 4.98 Å². The lowest BCUT2D eigenvalue weighted by Gasteiger charge is -2.24. The van der Waals surface area contributed by atoms with E-state index in [2.05, 4.69) is 57.8 Å². The van der Waals surface area contributed by atoms with Crippen LogP contribution in [-0.2, 0) is 0 Å². The standard InChI is InChI=1S/C23H23N3O/c1-27-19-12-10-18(11-13-19)21-9-5-8-20(17-6-3-2-4-7-17)23(21)26-22-16-24-14-15-25-22/h2-3,5,8-17H,4,6-7H2,1H3,(H,25,26). The molecule has 1 aliphatic carbocycles. The van der Waals surface area contributed by atoms with Crippen LogP contribution < -0.4 is 10.1 Å². The number of anilines is 2. The van der Waals surface area contributed by atoms with E-state index in [9.17, 15) is 0 Å². The largest absolute Gasteiger partial charge is 0.497 e. The van der Waals surface area contributed by atoms with Gasteiger partial charge in [-0.05, 0) is 48.4 Å². The Morgan fingerprint density at radius 1 is 1.04 bits per heavy atom. The first-order valence-electron chi connectivity index (χ1n) is 9.30. The van der Waals surface area contributed by atoms with Gasteiger partial charge >= 0.3 is 0 Å². The van der Waals surface area contributed by atoms with Crippen molar-refractivity contribution in [2.24, 2.45) is 0 Å². The smallest absolute Gasteiger partial charge is 0.148 e. The van der Waals surface area contributed by atoms with Gasteiger partial charge < -0.3 is 10.1 Å². The highest BCUT2D eigenvalue weighted by molar-refractivity contribution is 5.83. The molecule has 4 rings (SSSR count). The zero-order valence-electron chi connectivity index (χ0n) is 15.4. The molecule has 1 aromatic heterocycles. The molecule has 0 saturated heterocycles. The Kier molecular flexibility index (Phi) is 5.15. The minimum atomic E-state index is 0.507. The third-order valence-electron chi connectivity index (χ3n) is 5.02. The first kappa shape index (κ1) is 17.3. The number of benzene rings is 2. The maximum absolute atomic E-state index is 5.31. The second-order valence-corrected chi connectivity index (χ2v) is 6.70. The van der Waals surface area contributed by atoms with Crippen molar-refractivity contribution in [3.63, 3.8) is 0 Å². The van der Waals surface area contributed by atoms with Crippen LogP contribution in [-0.4, -0.2) is 17.1 Å². The second kappa shape index (κ2) is 8.04. The first-order valence-corrected chi connectivity index (χ1v) is 9.30. The monoisotopic (exact) mass is 357 g/mol. The lowest BCUT2D eigenvalue weighted by Crippen LogP contribution is -2.07. The van der Waals surface area contributed by atoms with Crippen LogP contribution >= 0.6 is 0 Å². The van der Waals surface area contributed by atoms with Crippen LogP contribution in [0.25, 0.3) is 11.1 Å². The molecule has 0 spiro atoms. The fourth-order valence-electron chi connectivity index (χ4n) is 3.63. The summed E-state index contributed by atoms with van der Waals surface area (Å²) in [7, 11) is 1.69. The number of ether oxygens (including phenoxy) is 1. The average molecular weight is 357 g/mol. The van der Waals surface area contributed by atoms with Crippen LogP contribution in [0.3, 0.4) is 0 Å². The van der Waals surface area contributed by atoms with Gasteiger partial charge in [0.25, 0.3) is 0 Å². The van der Waals surface area contributed by atoms with Gasteiger partial charge in [0.15, 0.2) is 0 Å². The fraction of sp³-hybridized carbons (Fsp3) is 0.217. The molecule has 0 amide bonds. The van der Waals surface area contributed by atoms with E-state index in [1.54, 1.807) is 25.7 Å². The number of rotatable bonds is 5. The maximum atomic E-state index is 5.31. The van der Waals surface area contributed by atoms with Crippen molar-refractivity contribution in [2.45, 2.75) is 25.2 Å². The highest BCUT2D eigenvalue weighted by Gasteiger charge is 2.19. The predicted octanol–water partition coefficient (Wildman–Crippen LogP) is 5.72. The van der Waals surface area contributed by atoms with Crippen LogP contribution in [0, 0.1) is 0 Å². The van der Waals surface area contributed by atoms with Gasteiger partial charge in [-0.3, -0.25) is 4.98 Å². The minimum Gasteiger partial charge on any atom is -0.497 e. The molecular formula is C23H23N3O. The van der Waals surface area contributed by atoms with Crippen molar-refractivity contribution in [1.29, 1.82) is 0 Å². The molecule has 1 heterocycles. The van der Waals surface area contributed by atoms with Crippen molar-refractivity contribution in [1.82, 2.24) is 9.97 Å². The summed E-state index contributed by atoms with van der Waals surface area (Å²) in [5, 5.41) is 3.54. The van der Waals surface area contributed by atoms with Crippen LogP contribution in [0.4, 0.5) is 11.5 Å². The zero-order chi connectivity index (χ0) is 18.5. The lowest BCUT2D eigenvalue weighted by molar-refractivity contribution is 0.415. The number of para-hydroxylation sites is 1. The second-order valence-electron chi connectivity index (χ2n) is 6.70. The normalized spacial score (nSPS) is 16.1. The number of methoxy groups -OCH3 is 1. The Labute approximate surface area is 160 Å². The van der Waals surface area contributed by atoms with Gasteiger partial charge in [0.1, 0.15) is 11.6 Å². The van der Waals surface area contributed by atoms with Crippen molar-refractivity contribution < 1.29 is 4.74 Å². The van der Waals surface area contributed by atoms with Crippen molar-refractivity contribution in [3.05, 3.63) is 78.8 Å². The van der Waals surface area contributed by atoms with Crippen LogP contribution in [0.5, 0.6) is 5.75 Å².